The molecular formula is C32H34N10O. The normalized spacial score (nSPS) is 17.1. The summed E-state index contributed by atoms with van der Waals surface area (Å²) in [5.74, 6) is 2.56. The molecule has 6 aromatic rings. The van der Waals surface area contributed by atoms with Crippen LogP contribution in [0.3, 0.4) is 0 Å². The fourth-order valence-electron chi connectivity index (χ4n) is 6.56. The van der Waals surface area contributed by atoms with Gasteiger partial charge in [-0.15, -0.1) is 10.2 Å². The molecule has 0 saturated heterocycles. The molecular weight excluding hydrogens is 540 g/mol. The van der Waals surface area contributed by atoms with Crippen molar-refractivity contribution in [2.45, 2.75) is 70.8 Å². The van der Waals surface area contributed by atoms with E-state index in [1.807, 2.05) is 40.4 Å². The van der Waals surface area contributed by atoms with Crippen LogP contribution in [-0.2, 0) is 12.8 Å². The highest BCUT2D eigenvalue weighted by molar-refractivity contribution is 5.80. The lowest BCUT2D eigenvalue weighted by atomic mass is 9.85. The van der Waals surface area contributed by atoms with Crippen LogP contribution in [0.4, 0.5) is 0 Å². The van der Waals surface area contributed by atoms with Gasteiger partial charge in [-0.2, -0.15) is 15.3 Å². The summed E-state index contributed by atoms with van der Waals surface area (Å²) in [6.07, 6.45) is 9.23. The van der Waals surface area contributed by atoms with Crippen molar-refractivity contribution in [2.24, 2.45) is 0 Å². The molecule has 2 N–H and O–H groups in total. The number of imidazole rings is 1. The molecule has 1 saturated carbocycles. The zero-order valence-corrected chi connectivity index (χ0v) is 24.4. The Balaban J connectivity index is 1.28. The summed E-state index contributed by atoms with van der Waals surface area (Å²) >= 11 is 0. The molecule has 0 radical (unpaired) electrons. The van der Waals surface area contributed by atoms with Gasteiger partial charge in [0.25, 0.3) is 5.56 Å². The fraction of sp³-hybridized carbons (Fsp3) is 0.344. The highest BCUT2D eigenvalue weighted by Crippen LogP contribution is 2.37. The van der Waals surface area contributed by atoms with Crippen molar-refractivity contribution in [1.29, 1.82) is 0 Å². The number of benzene rings is 2. The Kier molecular flexibility index (Phi) is 7.14. The minimum Gasteiger partial charge on any atom is -0.346 e. The van der Waals surface area contributed by atoms with E-state index >= 15 is 0 Å². The highest BCUT2D eigenvalue weighted by atomic mass is 16.1. The lowest BCUT2D eigenvalue weighted by Crippen LogP contribution is -2.34. The first-order chi connectivity index (χ1) is 21.1. The van der Waals surface area contributed by atoms with Crippen LogP contribution in [-0.4, -0.2) is 49.8 Å². The Morgan fingerprint density at radius 1 is 1.00 bits per heavy atom. The molecule has 1 aliphatic carbocycles. The van der Waals surface area contributed by atoms with Crippen LogP contribution >= 0.6 is 0 Å². The number of tetrazole rings is 1. The third-order valence-electron chi connectivity index (χ3n) is 8.62. The standard InChI is InChI=1S/C32H34N10O/c1-3-7-28-27(17-21-10-15-25(22-8-5-4-6-9-22)26(16-21)30-37-39-40-38-30)31(43)41(32-34-19-35-42(28)32)24-13-11-23(12-14-24)29-33-18-20(2)36-29/h4-6,8-10,15-16,18-19,23-24H,3,7,11-14,17H2,1-2H3,(H,33,36)(H,37,38,39,40). The zero-order chi connectivity index (χ0) is 29.3. The van der Waals surface area contributed by atoms with Crippen molar-refractivity contribution in [3.8, 4) is 22.5 Å². The van der Waals surface area contributed by atoms with Crippen LogP contribution in [0.1, 0.15) is 79.3 Å². The predicted molar refractivity (Wildman–Crippen MR) is 163 cm³/mol. The summed E-state index contributed by atoms with van der Waals surface area (Å²) in [6.45, 7) is 4.15. The maximum atomic E-state index is 14.5. The molecule has 0 unspecified atom stereocenters. The van der Waals surface area contributed by atoms with Gasteiger partial charge >= 0.3 is 0 Å². The average Bonchev–Trinajstić information content (AvgIpc) is 3.83. The zero-order valence-electron chi connectivity index (χ0n) is 24.4. The molecule has 1 aliphatic rings. The monoisotopic (exact) mass is 574 g/mol. The first-order valence-electron chi connectivity index (χ1n) is 15.0. The van der Waals surface area contributed by atoms with Crippen molar-refractivity contribution in [2.75, 3.05) is 0 Å². The van der Waals surface area contributed by atoms with Gasteiger partial charge in [0, 0.05) is 41.4 Å². The summed E-state index contributed by atoms with van der Waals surface area (Å²) in [5, 5.41) is 19.6. The summed E-state index contributed by atoms with van der Waals surface area (Å²) in [6, 6.07) is 16.5. The second-order valence-electron chi connectivity index (χ2n) is 11.4. The minimum absolute atomic E-state index is 0.0227. The van der Waals surface area contributed by atoms with E-state index in [0.29, 0.717) is 23.9 Å². The number of hydrogen-bond acceptors (Lipinski definition) is 7. The number of nitrogens with zero attached hydrogens (tertiary/aromatic N) is 8. The van der Waals surface area contributed by atoms with E-state index < -0.39 is 0 Å². The van der Waals surface area contributed by atoms with Gasteiger partial charge in [0.2, 0.25) is 11.6 Å². The summed E-state index contributed by atoms with van der Waals surface area (Å²) in [7, 11) is 0. The number of hydrogen-bond donors (Lipinski definition) is 2. The molecule has 11 nitrogen and oxygen atoms in total. The second-order valence-corrected chi connectivity index (χ2v) is 11.4. The summed E-state index contributed by atoms with van der Waals surface area (Å²) < 4.78 is 3.80. The van der Waals surface area contributed by atoms with Crippen LogP contribution in [0.2, 0.25) is 0 Å². The van der Waals surface area contributed by atoms with E-state index in [-0.39, 0.29) is 11.6 Å². The summed E-state index contributed by atoms with van der Waals surface area (Å²) in [4.78, 5) is 27.0. The third-order valence-corrected chi connectivity index (χ3v) is 8.62. The van der Waals surface area contributed by atoms with E-state index in [2.05, 4.69) is 77.9 Å². The average molecular weight is 575 g/mol. The molecule has 0 bridgehead atoms. The number of aromatic nitrogens is 10. The molecule has 0 aliphatic heterocycles. The number of aryl methyl sites for hydroxylation is 2. The number of rotatable bonds is 8. The Morgan fingerprint density at radius 3 is 2.56 bits per heavy atom. The molecule has 0 amide bonds. The van der Waals surface area contributed by atoms with Crippen LogP contribution in [0.15, 0.2) is 65.8 Å². The molecule has 2 aromatic carbocycles. The van der Waals surface area contributed by atoms with E-state index in [1.54, 1.807) is 6.33 Å². The number of fused-ring (bicyclic) bond motifs is 1. The van der Waals surface area contributed by atoms with E-state index in [1.165, 1.54) is 0 Å². The van der Waals surface area contributed by atoms with Crippen LogP contribution < -0.4 is 5.56 Å². The fourth-order valence-corrected chi connectivity index (χ4v) is 6.56. The van der Waals surface area contributed by atoms with E-state index in [9.17, 15) is 4.79 Å². The largest absolute Gasteiger partial charge is 0.346 e. The number of H-pyrrole nitrogens is 2. The Morgan fingerprint density at radius 2 is 1.84 bits per heavy atom. The van der Waals surface area contributed by atoms with Crippen LogP contribution in [0, 0.1) is 6.92 Å². The van der Waals surface area contributed by atoms with Crippen LogP contribution in [0.5, 0.6) is 0 Å². The molecule has 7 rings (SSSR count). The molecule has 4 aromatic heterocycles. The van der Waals surface area contributed by atoms with E-state index in [4.69, 9.17) is 0 Å². The van der Waals surface area contributed by atoms with Crippen molar-refractivity contribution >= 4 is 5.78 Å². The topological polar surface area (TPSA) is 135 Å². The van der Waals surface area contributed by atoms with Crippen molar-refractivity contribution in [3.05, 3.63) is 99.7 Å². The lowest BCUT2D eigenvalue weighted by molar-refractivity contribution is 0.314. The van der Waals surface area contributed by atoms with Gasteiger partial charge in [-0.1, -0.05) is 55.8 Å². The third kappa shape index (κ3) is 5.04. The van der Waals surface area contributed by atoms with Gasteiger partial charge in [-0.05, 0) is 67.0 Å². The number of aromatic amines is 2. The Labute approximate surface area is 248 Å². The maximum absolute atomic E-state index is 14.5. The van der Waals surface area contributed by atoms with E-state index in [0.717, 1.165) is 83.6 Å². The van der Waals surface area contributed by atoms with Gasteiger partial charge in [0.05, 0.1) is 5.69 Å². The van der Waals surface area contributed by atoms with Gasteiger partial charge < -0.3 is 4.98 Å². The van der Waals surface area contributed by atoms with Gasteiger partial charge in [0.15, 0.2) is 0 Å². The molecule has 0 atom stereocenters. The SMILES string of the molecule is CCCc1c(Cc2ccc(-c3ccccc3)c(-c3nn[nH]n3)c2)c(=O)n(C2CCC(c3ncc(C)[nH]3)CC2)c2ncnn12. The lowest BCUT2D eigenvalue weighted by Gasteiger charge is -2.29. The molecule has 218 valence electrons. The Bertz CT molecular complexity index is 1910. The second kappa shape index (κ2) is 11.4. The molecule has 4 heterocycles. The van der Waals surface area contributed by atoms with Gasteiger partial charge in [-0.25, -0.2) is 9.50 Å². The minimum atomic E-state index is 0.0227. The predicted octanol–water partition coefficient (Wildman–Crippen LogP) is 5.21. The quantitative estimate of drug-likeness (QED) is 0.255. The Hall–Kier alpha value is -4.93. The molecule has 1 fully saturated rings. The number of nitrogens with one attached hydrogen (secondary N) is 2. The van der Waals surface area contributed by atoms with Gasteiger partial charge in [0.1, 0.15) is 12.2 Å². The van der Waals surface area contributed by atoms with Crippen molar-refractivity contribution < 1.29 is 0 Å². The first-order valence-corrected chi connectivity index (χ1v) is 15.0. The van der Waals surface area contributed by atoms with Crippen LogP contribution in [0.25, 0.3) is 28.3 Å². The van der Waals surface area contributed by atoms with Gasteiger partial charge in [-0.3, -0.25) is 9.36 Å². The maximum Gasteiger partial charge on any atom is 0.259 e. The smallest absolute Gasteiger partial charge is 0.259 e. The summed E-state index contributed by atoms with van der Waals surface area (Å²) in [5.41, 5.74) is 6.71. The molecule has 11 heteroatoms. The van der Waals surface area contributed by atoms with Crippen molar-refractivity contribution in [3.63, 3.8) is 0 Å². The highest BCUT2D eigenvalue weighted by Gasteiger charge is 2.29. The molecule has 43 heavy (non-hydrogen) atoms. The first kappa shape index (κ1) is 26.9. The van der Waals surface area contributed by atoms with Crippen molar-refractivity contribution in [1.82, 2.24) is 49.8 Å². The molecule has 0 spiro atoms.